The highest BCUT2D eigenvalue weighted by Gasteiger charge is 2.48. The molecule has 4 rings (SSSR count). The van der Waals surface area contributed by atoms with Crippen LogP contribution in [-0.2, 0) is 6.54 Å². The predicted octanol–water partition coefficient (Wildman–Crippen LogP) is 4.11. The third-order valence-electron chi connectivity index (χ3n) is 6.52. The minimum Gasteiger partial charge on any atom is -0.308 e. The Morgan fingerprint density at radius 3 is 2.27 bits per heavy atom. The minimum atomic E-state index is 0.418. The van der Waals surface area contributed by atoms with Crippen LogP contribution in [0.1, 0.15) is 63.4 Å². The van der Waals surface area contributed by atoms with Gasteiger partial charge in [-0.3, -0.25) is 4.90 Å². The van der Waals surface area contributed by atoms with Crippen molar-refractivity contribution >= 4 is 0 Å². The van der Waals surface area contributed by atoms with Crippen LogP contribution in [0.4, 0.5) is 0 Å². The van der Waals surface area contributed by atoms with Crippen molar-refractivity contribution in [3.05, 3.63) is 35.9 Å². The first kappa shape index (κ1) is 14.7. The topological polar surface area (TPSA) is 15.3 Å². The average molecular weight is 298 g/mol. The van der Waals surface area contributed by atoms with Crippen molar-refractivity contribution in [1.29, 1.82) is 0 Å². The van der Waals surface area contributed by atoms with Crippen molar-refractivity contribution in [2.75, 3.05) is 13.1 Å². The molecule has 1 saturated heterocycles. The van der Waals surface area contributed by atoms with E-state index in [0.29, 0.717) is 11.1 Å². The summed E-state index contributed by atoms with van der Waals surface area (Å²) in [6.45, 7) is 3.63. The summed E-state index contributed by atoms with van der Waals surface area (Å²) in [5.74, 6) is 0. The van der Waals surface area contributed by atoms with E-state index in [1.807, 2.05) is 0 Å². The number of benzene rings is 1. The van der Waals surface area contributed by atoms with E-state index in [2.05, 4.69) is 40.5 Å². The second-order valence-corrected chi connectivity index (χ2v) is 7.97. The van der Waals surface area contributed by atoms with Crippen molar-refractivity contribution in [2.24, 2.45) is 0 Å². The Balaban J connectivity index is 1.57. The van der Waals surface area contributed by atoms with Crippen molar-refractivity contribution in [3.63, 3.8) is 0 Å². The summed E-state index contributed by atoms with van der Waals surface area (Å²) in [6, 6.07) is 11.1. The van der Waals surface area contributed by atoms with Crippen molar-refractivity contribution in [1.82, 2.24) is 10.2 Å². The second-order valence-electron chi connectivity index (χ2n) is 7.97. The highest BCUT2D eigenvalue weighted by Crippen LogP contribution is 2.42. The molecule has 2 saturated carbocycles. The molecule has 22 heavy (non-hydrogen) atoms. The Kier molecular flexibility index (Phi) is 4.00. The van der Waals surface area contributed by atoms with E-state index >= 15 is 0 Å². The molecule has 1 heterocycles. The van der Waals surface area contributed by atoms with Crippen molar-refractivity contribution in [2.45, 2.75) is 75.4 Å². The van der Waals surface area contributed by atoms with Gasteiger partial charge < -0.3 is 5.32 Å². The molecule has 0 aromatic heterocycles. The lowest BCUT2D eigenvalue weighted by atomic mass is 9.76. The van der Waals surface area contributed by atoms with Gasteiger partial charge in [-0.15, -0.1) is 0 Å². The largest absolute Gasteiger partial charge is 0.308 e. The molecule has 2 spiro atoms. The fourth-order valence-corrected chi connectivity index (χ4v) is 5.17. The third-order valence-corrected chi connectivity index (χ3v) is 6.52. The Bertz CT molecular complexity index is 484. The maximum atomic E-state index is 4.04. The van der Waals surface area contributed by atoms with E-state index in [0.717, 1.165) is 6.54 Å². The summed E-state index contributed by atoms with van der Waals surface area (Å²) in [4.78, 5) is 2.87. The number of nitrogens with one attached hydrogen (secondary N) is 1. The molecule has 2 nitrogen and oxygen atoms in total. The molecular formula is C20H30N2. The van der Waals surface area contributed by atoms with Gasteiger partial charge in [-0.1, -0.05) is 62.4 Å². The molecule has 2 heteroatoms. The summed E-state index contributed by atoms with van der Waals surface area (Å²) in [5, 5.41) is 4.04. The van der Waals surface area contributed by atoms with Gasteiger partial charge in [0, 0.05) is 30.7 Å². The molecule has 0 amide bonds. The predicted molar refractivity (Wildman–Crippen MR) is 91.9 cm³/mol. The van der Waals surface area contributed by atoms with Gasteiger partial charge in [0.1, 0.15) is 0 Å². The fourth-order valence-electron chi connectivity index (χ4n) is 5.17. The van der Waals surface area contributed by atoms with Gasteiger partial charge in [-0.05, 0) is 31.2 Å². The summed E-state index contributed by atoms with van der Waals surface area (Å²) in [5.41, 5.74) is 2.35. The zero-order valence-corrected chi connectivity index (χ0v) is 13.8. The van der Waals surface area contributed by atoms with E-state index in [1.54, 1.807) is 0 Å². The quantitative estimate of drug-likeness (QED) is 0.884. The van der Waals surface area contributed by atoms with Crippen LogP contribution >= 0.6 is 0 Å². The first-order valence-corrected chi connectivity index (χ1v) is 9.35. The molecule has 1 aromatic carbocycles. The van der Waals surface area contributed by atoms with E-state index < -0.39 is 0 Å². The van der Waals surface area contributed by atoms with Crippen LogP contribution in [0.5, 0.6) is 0 Å². The zero-order valence-electron chi connectivity index (χ0n) is 13.8. The fraction of sp³-hybridized carbons (Fsp3) is 0.700. The van der Waals surface area contributed by atoms with Crippen molar-refractivity contribution in [3.8, 4) is 0 Å². The van der Waals surface area contributed by atoms with Gasteiger partial charge in [0.25, 0.3) is 0 Å². The number of piperazine rings is 1. The van der Waals surface area contributed by atoms with Gasteiger partial charge in [0.05, 0.1) is 0 Å². The van der Waals surface area contributed by atoms with Gasteiger partial charge in [-0.2, -0.15) is 0 Å². The zero-order chi connectivity index (χ0) is 14.9. The molecule has 0 bridgehead atoms. The number of nitrogens with zero attached hydrogens (tertiary/aromatic N) is 1. The van der Waals surface area contributed by atoms with Crippen LogP contribution in [-0.4, -0.2) is 29.1 Å². The van der Waals surface area contributed by atoms with Crippen LogP contribution in [0.2, 0.25) is 0 Å². The first-order valence-electron chi connectivity index (χ1n) is 9.35. The monoisotopic (exact) mass is 298 g/mol. The van der Waals surface area contributed by atoms with Crippen LogP contribution in [0.15, 0.2) is 30.3 Å². The number of rotatable bonds is 2. The molecule has 1 N–H and O–H groups in total. The lowest BCUT2D eigenvalue weighted by Crippen LogP contribution is -2.69. The van der Waals surface area contributed by atoms with Crippen LogP contribution in [0, 0.1) is 0 Å². The lowest BCUT2D eigenvalue weighted by molar-refractivity contribution is -0.0119. The first-order chi connectivity index (χ1) is 10.8. The molecular weight excluding hydrogens is 268 g/mol. The summed E-state index contributed by atoms with van der Waals surface area (Å²) in [6.07, 6.45) is 12.7. The Labute approximate surface area is 135 Å². The Hall–Kier alpha value is -0.860. The number of hydrogen-bond acceptors (Lipinski definition) is 2. The van der Waals surface area contributed by atoms with Gasteiger partial charge in [-0.25, -0.2) is 0 Å². The number of hydrogen-bond donors (Lipinski definition) is 1. The highest BCUT2D eigenvalue weighted by atomic mass is 15.3. The molecule has 2 aliphatic carbocycles. The Morgan fingerprint density at radius 2 is 1.55 bits per heavy atom. The van der Waals surface area contributed by atoms with Gasteiger partial charge in [0.15, 0.2) is 0 Å². The minimum absolute atomic E-state index is 0.418. The lowest BCUT2D eigenvalue weighted by Gasteiger charge is -2.55. The molecule has 3 aliphatic rings. The maximum absolute atomic E-state index is 4.04. The Morgan fingerprint density at radius 1 is 0.864 bits per heavy atom. The molecule has 0 atom stereocenters. The molecule has 3 fully saturated rings. The van der Waals surface area contributed by atoms with Crippen molar-refractivity contribution < 1.29 is 0 Å². The van der Waals surface area contributed by atoms with Gasteiger partial charge in [0.2, 0.25) is 0 Å². The van der Waals surface area contributed by atoms with Crippen LogP contribution in [0.25, 0.3) is 0 Å². The third kappa shape index (κ3) is 2.72. The highest BCUT2D eigenvalue weighted by molar-refractivity contribution is 5.17. The molecule has 1 aromatic rings. The molecule has 0 unspecified atom stereocenters. The molecule has 0 radical (unpaired) electrons. The smallest absolute Gasteiger partial charge is 0.0338 e. The molecule has 1 aliphatic heterocycles. The summed E-state index contributed by atoms with van der Waals surface area (Å²) >= 11 is 0. The second kappa shape index (κ2) is 5.98. The van der Waals surface area contributed by atoms with Crippen LogP contribution in [0.3, 0.4) is 0 Å². The van der Waals surface area contributed by atoms with E-state index in [4.69, 9.17) is 0 Å². The SMILES string of the molecule is c1ccc(CN2CC3(CCCCC3)NCC23CCCC3)cc1. The standard InChI is InChI=1S/C20H30N2/c1-3-9-18(10-4-1)15-22-17-19(11-5-2-6-12-19)21-16-20(22)13-7-8-14-20/h1,3-4,9-10,21H,2,5-8,11-17H2. The normalized spacial score (nSPS) is 27.5. The summed E-state index contributed by atoms with van der Waals surface area (Å²) < 4.78 is 0. The van der Waals surface area contributed by atoms with E-state index in [9.17, 15) is 0 Å². The van der Waals surface area contributed by atoms with E-state index in [1.165, 1.54) is 76.4 Å². The molecule has 120 valence electrons. The maximum Gasteiger partial charge on any atom is 0.0338 e. The van der Waals surface area contributed by atoms with Gasteiger partial charge >= 0.3 is 0 Å². The average Bonchev–Trinajstić information content (AvgIpc) is 3.03. The van der Waals surface area contributed by atoms with E-state index in [-0.39, 0.29) is 0 Å². The van der Waals surface area contributed by atoms with Crippen LogP contribution < -0.4 is 5.32 Å². The summed E-state index contributed by atoms with van der Waals surface area (Å²) in [7, 11) is 0.